The molecule has 2 aromatic carbocycles. The van der Waals surface area contributed by atoms with E-state index in [1.807, 2.05) is 30.3 Å². The zero-order chi connectivity index (χ0) is 22.8. The molecule has 1 saturated heterocycles. The van der Waals surface area contributed by atoms with Crippen molar-refractivity contribution in [2.24, 2.45) is 0 Å². The molecule has 0 bridgehead atoms. The van der Waals surface area contributed by atoms with Gasteiger partial charge in [0.1, 0.15) is 0 Å². The number of hydrogen-bond donors (Lipinski definition) is 2. The van der Waals surface area contributed by atoms with E-state index >= 15 is 0 Å². The summed E-state index contributed by atoms with van der Waals surface area (Å²) in [6.45, 7) is 1.15. The first-order valence-corrected chi connectivity index (χ1v) is 12.6. The summed E-state index contributed by atoms with van der Waals surface area (Å²) in [6.07, 6.45) is 4.56. The summed E-state index contributed by atoms with van der Waals surface area (Å²) in [5.41, 5.74) is 1.19. The van der Waals surface area contributed by atoms with Crippen LogP contribution in [0, 0.1) is 0 Å². The number of sulfonamides is 1. The quantitative estimate of drug-likeness (QED) is 0.447. The molecule has 1 heterocycles. The topological polar surface area (TPSA) is 95.6 Å². The van der Waals surface area contributed by atoms with Crippen LogP contribution in [0.2, 0.25) is 0 Å². The Morgan fingerprint density at radius 3 is 2.19 bits per heavy atom. The van der Waals surface area contributed by atoms with Crippen LogP contribution >= 0.6 is 0 Å². The number of rotatable bonds is 9. The van der Waals surface area contributed by atoms with Gasteiger partial charge in [0.15, 0.2) is 0 Å². The number of carbonyl (C=O) groups excluding carboxylic acids is 2. The average Bonchev–Trinajstić information content (AvgIpc) is 2.83. The molecule has 2 N–H and O–H groups in total. The highest BCUT2D eigenvalue weighted by atomic mass is 32.2. The van der Waals surface area contributed by atoms with Crippen molar-refractivity contribution in [1.82, 2.24) is 14.9 Å². The largest absolute Gasteiger partial charge is 0.348 e. The zero-order valence-corrected chi connectivity index (χ0v) is 19.0. The van der Waals surface area contributed by atoms with Gasteiger partial charge in [0.25, 0.3) is 0 Å². The predicted molar refractivity (Wildman–Crippen MR) is 123 cm³/mol. The number of benzene rings is 2. The van der Waals surface area contributed by atoms with Crippen LogP contribution in [0.25, 0.3) is 0 Å². The molecule has 8 heteroatoms. The van der Waals surface area contributed by atoms with E-state index in [1.165, 1.54) is 5.56 Å². The molecule has 0 spiro atoms. The Hall–Kier alpha value is -2.71. The SMILES string of the molecule is O=C(NCCCc1ccccc1)C(=O)NCCC1CCCCN1S(=O)(=O)c1ccccc1. The first kappa shape index (κ1) is 23.9. The summed E-state index contributed by atoms with van der Waals surface area (Å²) in [4.78, 5) is 24.4. The molecule has 1 aliphatic heterocycles. The molecule has 172 valence electrons. The fourth-order valence-corrected chi connectivity index (χ4v) is 5.70. The van der Waals surface area contributed by atoms with Crippen molar-refractivity contribution in [2.75, 3.05) is 19.6 Å². The number of piperidine rings is 1. The molecule has 0 saturated carbocycles. The maximum absolute atomic E-state index is 13.0. The third-order valence-electron chi connectivity index (χ3n) is 5.66. The summed E-state index contributed by atoms with van der Waals surface area (Å²) in [5, 5.41) is 5.27. The number of amides is 2. The van der Waals surface area contributed by atoms with Crippen LogP contribution in [0.3, 0.4) is 0 Å². The molecule has 0 radical (unpaired) electrons. The standard InChI is InChI=1S/C24H31N3O4S/c28-23(25-17-9-12-20-10-3-1-4-11-20)24(29)26-18-16-21-13-7-8-19-27(21)32(30,31)22-14-5-2-6-15-22/h1-6,10-11,14-15,21H,7-9,12-13,16-19H2,(H,25,28)(H,26,29). The lowest BCUT2D eigenvalue weighted by atomic mass is 10.0. The van der Waals surface area contributed by atoms with Gasteiger partial charge in [-0.05, 0) is 49.8 Å². The van der Waals surface area contributed by atoms with Gasteiger partial charge in [0.05, 0.1) is 4.90 Å². The van der Waals surface area contributed by atoms with E-state index < -0.39 is 21.8 Å². The van der Waals surface area contributed by atoms with Crippen LogP contribution in [0.4, 0.5) is 0 Å². The third kappa shape index (κ3) is 6.64. The summed E-state index contributed by atoms with van der Waals surface area (Å²) >= 11 is 0. The Bertz CT molecular complexity index is 981. The van der Waals surface area contributed by atoms with E-state index in [0.717, 1.165) is 32.1 Å². The number of nitrogens with one attached hydrogen (secondary N) is 2. The van der Waals surface area contributed by atoms with Crippen LogP contribution in [0.5, 0.6) is 0 Å². The van der Waals surface area contributed by atoms with Crippen molar-refractivity contribution >= 4 is 21.8 Å². The molecule has 2 amide bonds. The Morgan fingerprint density at radius 2 is 1.50 bits per heavy atom. The first-order valence-electron chi connectivity index (χ1n) is 11.2. The number of hydrogen-bond acceptors (Lipinski definition) is 4. The number of nitrogens with zero attached hydrogens (tertiary/aromatic N) is 1. The molecule has 32 heavy (non-hydrogen) atoms. The fourth-order valence-electron chi connectivity index (χ4n) is 3.96. The van der Waals surface area contributed by atoms with Crippen molar-refractivity contribution in [3.63, 3.8) is 0 Å². The highest BCUT2D eigenvalue weighted by Gasteiger charge is 2.33. The lowest BCUT2D eigenvalue weighted by molar-refractivity contribution is -0.139. The Morgan fingerprint density at radius 1 is 0.875 bits per heavy atom. The van der Waals surface area contributed by atoms with E-state index in [0.29, 0.717) is 19.5 Å². The van der Waals surface area contributed by atoms with Gasteiger partial charge in [-0.1, -0.05) is 55.0 Å². The van der Waals surface area contributed by atoms with Gasteiger partial charge in [-0.25, -0.2) is 8.42 Å². The zero-order valence-electron chi connectivity index (χ0n) is 18.2. The van der Waals surface area contributed by atoms with E-state index in [9.17, 15) is 18.0 Å². The van der Waals surface area contributed by atoms with Crippen LogP contribution in [-0.4, -0.2) is 50.2 Å². The summed E-state index contributed by atoms with van der Waals surface area (Å²) < 4.78 is 27.6. The molecule has 7 nitrogen and oxygen atoms in total. The molecule has 1 fully saturated rings. The van der Waals surface area contributed by atoms with Crippen LogP contribution in [-0.2, 0) is 26.0 Å². The Labute approximate surface area is 190 Å². The van der Waals surface area contributed by atoms with Crippen molar-refractivity contribution < 1.29 is 18.0 Å². The maximum Gasteiger partial charge on any atom is 0.309 e. The number of carbonyl (C=O) groups is 2. The van der Waals surface area contributed by atoms with Crippen LogP contribution < -0.4 is 10.6 Å². The van der Waals surface area contributed by atoms with Crippen molar-refractivity contribution in [3.05, 3.63) is 66.2 Å². The number of aryl methyl sites for hydroxylation is 1. The van der Waals surface area contributed by atoms with E-state index in [2.05, 4.69) is 10.6 Å². The smallest absolute Gasteiger partial charge is 0.309 e. The maximum atomic E-state index is 13.0. The minimum absolute atomic E-state index is 0.191. The lowest BCUT2D eigenvalue weighted by Gasteiger charge is -2.34. The van der Waals surface area contributed by atoms with Crippen molar-refractivity contribution in [3.8, 4) is 0 Å². The van der Waals surface area contributed by atoms with Crippen molar-refractivity contribution in [1.29, 1.82) is 0 Å². The second-order valence-corrected chi connectivity index (χ2v) is 9.86. The molecular formula is C24H31N3O4S. The molecule has 0 aliphatic carbocycles. The van der Waals surface area contributed by atoms with E-state index in [1.54, 1.807) is 34.6 Å². The Balaban J connectivity index is 1.42. The fraction of sp³-hybridized carbons (Fsp3) is 0.417. The van der Waals surface area contributed by atoms with E-state index in [4.69, 9.17) is 0 Å². The summed E-state index contributed by atoms with van der Waals surface area (Å²) in [6, 6.07) is 18.2. The molecule has 0 aromatic heterocycles. The Kier molecular flexibility index (Phi) is 8.81. The first-order chi connectivity index (χ1) is 15.5. The summed E-state index contributed by atoms with van der Waals surface area (Å²) in [7, 11) is -3.57. The summed E-state index contributed by atoms with van der Waals surface area (Å²) in [5.74, 6) is -1.34. The van der Waals surface area contributed by atoms with Gasteiger partial charge >= 0.3 is 11.8 Å². The van der Waals surface area contributed by atoms with Gasteiger partial charge < -0.3 is 10.6 Å². The van der Waals surface area contributed by atoms with Gasteiger partial charge in [0.2, 0.25) is 10.0 Å². The minimum Gasteiger partial charge on any atom is -0.348 e. The second-order valence-electron chi connectivity index (χ2n) is 7.97. The van der Waals surface area contributed by atoms with Gasteiger partial charge in [-0.3, -0.25) is 9.59 Å². The van der Waals surface area contributed by atoms with Crippen LogP contribution in [0.1, 0.15) is 37.7 Å². The molecule has 1 aliphatic rings. The highest BCUT2D eigenvalue weighted by molar-refractivity contribution is 7.89. The van der Waals surface area contributed by atoms with Crippen molar-refractivity contribution in [2.45, 2.75) is 49.5 Å². The average molecular weight is 458 g/mol. The highest BCUT2D eigenvalue weighted by Crippen LogP contribution is 2.26. The molecule has 3 rings (SSSR count). The van der Waals surface area contributed by atoms with Gasteiger partial charge in [0, 0.05) is 25.7 Å². The van der Waals surface area contributed by atoms with Crippen LogP contribution in [0.15, 0.2) is 65.6 Å². The predicted octanol–water partition coefficient (Wildman–Crippen LogP) is 2.49. The van der Waals surface area contributed by atoms with E-state index in [-0.39, 0.29) is 17.5 Å². The molecule has 1 unspecified atom stereocenters. The minimum atomic E-state index is -3.57. The molecule has 1 atom stereocenters. The molecular weight excluding hydrogens is 426 g/mol. The van der Waals surface area contributed by atoms with Gasteiger partial charge in [-0.2, -0.15) is 4.31 Å². The monoisotopic (exact) mass is 457 g/mol. The normalized spacial score (nSPS) is 16.9. The lowest BCUT2D eigenvalue weighted by Crippen LogP contribution is -2.46. The second kappa shape index (κ2) is 11.8. The third-order valence-corrected chi connectivity index (χ3v) is 7.63. The van der Waals surface area contributed by atoms with Gasteiger partial charge in [-0.15, -0.1) is 0 Å². The molecule has 2 aromatic rings.